The molecule has 18 heavy (non-hydrogen) atoms. The van der Waals surface area contributed by atoms with Crippen LogP contribution in [0.25, 0.3) is 16.7 Å². The number of para-hydroxylation sites is 1. The van der Waals surface area contributed by atoms with Crippen LogP contribution >= 0.6 is 0 Å². The molecule has 0 unspecified atom stereocenters. The number of hydrogen-bond donors (Lipinski definition) is 1. The van der Waals surface area contributed by atoms with Crippen LogP contribution in [0, 0.1) is 13.8 Å². The number of nitrogens with two attached hydrogens (primary N) is 1. The van der Waals surface area contributed by atoms with Gasteiger partial charge in [0.05, 0.1) is 5.39 Å². The lowest BCUT2D eigenvalue weighted by Gasteiger charge is -2.05. The van der Waals surface area contributed by atoms with Gasteiger partial charge >= 0.3 is 0 Å². The van der Waals surface area contributed by atoms with Gasteiger partial charge in [0, 0.05) is 11.9 Å². The van der Waals surface area contributed by atoms with Gasteiger partial charge in [0.2, 0.25) is 0 Å². The molecule has 0 saturated heterocycles. The Morgan fingerprint density at radius 3 is 2.50 bits per heavy atom. The van der Waals surface area contributed by atoms with E-state index in [0.29, 0.717) is 11.6 Å². The Morgan fingerprint density at radius 1 is 1.06 bits per heavy atom. The zero-order chi connectivity index (χ0) is 12.7. The van der Waals surface area contributed by atoms with Crippen LogP contribution in [0.4, 0.5) is 5.82 Å². The monoisotopic (exact) mass is 238 g/mol. The Balaban J connectivity index is 2.38. The maximum atomic E-state index is 5.98. The molecule has 0 spiro atoms. The zero-order valence-electron chi connectivity index (χ0n) is 10.4. The number of hydrogen-bond acceptors (Lipinski definition) is 3. The van der Waals surface area contributed by atoms with Crippen molar-refractivity contribution in [1.29, 1.82) is 0 Å². The lowest BCUT2D eigenvalue weighted by molar-refractivity contribution is 1.03. The highest BCUT2D eigenvalue weighted by Crippen LogP contribution is 2.26. The van der Waals surface area contributed by atoms with Crippen molar-refractivity contribution in [3.05, 3.63) is 47.9 Å². The first-order valence-electron chi connectivity index (χ1n) is 5.84. The molecular weight excluding hydrogens is 224 g/mol. The first-order chi connectivity index (χ1) is 8.66. The summed E-state index contributed by atoms with van der Waals surface area (Å²) in [6.45, 7) is 3.88. The van der Waals surface area contributed by atoms with E-state index in [1.54, 1.807) is 0 Å². The van der Waals surface area contributed by atoms with Gasteiger partial charge in [0.15, 0.2) is 5.65 Å². The van der Waals surface area contributed by atoms with Gasteiger partial charge in [-0.15, -0.1) is 0 Å². The van der Waals surface area contributed by atoms with Crippen LogP contribution < -0.4 is 5.73 Å². The van der Waals surface area contributed by atoms with Gasteiger partial charge in [0.1, 0.15) is 11.6 Å². The second-order valence-electron chi connectivity index (χ2n) is 4.37. The molecule has 0 radical (unpaired) electrons. The van der Waals surface area contributed by atoms with E-state index in [0.717, 1.165) is 22.3 Å². The van der Waals surface area contributed by atoms with E-state index in [2.05, 4.69) is 14.5 Å². The van der Waals surface area contributed by atoms with E-state index >= 15 is 0 Å². The quantitative estimate of drug-likeness (QED) is 0.709. The van der Waals surface area contributed by atoms with Crippen LogP contribution in [0.2, 0.25) is 0 Å². The van der Waals surface area contributed by atoms with Crippen molar-refractivity contribution in [3.8, 4) is 5.69 Å². The lowest BCUT2D eigenvalue weighted by Crippen LogP contribution is -1.99. The maximum Gasteiger partial charge on any atom is 0.150 e. The Hall–Kier alpha value is -2.36. The van der Waals surface area contributed by atoms with Crippen molar-refractivity contribution < 1.29 is 0 Å². The molecule has 0 saturated carbocycles. The number of nitrogen functional groups attached to an aromatic ring is 1. The fraction of sp³-hybridized carbons (Fsp3) is 0.143. The average Bonchev–Trinajstić information content (AvgIpc) is 2.67. The molecule has 4 heteroatoms. The number of anilines is 1. The summed E-state index contributed by atoms with van der Waals surface area (Å²) in [6.07, 6.45) is 2.05. The topological polar surface area (TPSA) is 56.7 Å². The Kier molecular flexibility index (Phi) is 2.30. The lowest BCUT2D eigenvalue weighted by atomic mass is 10.2. The predicted molar refractivity (Wildman–Crippen MR) is 72.8 cm³/mol. The van der Waals surface area contributed by atoms with Crippen LogP contribution in [0.15, 0.2) is 36.5 Å². The minimum Gasteiger partial charge on any atom is -0.383 e. The summed E-state index contributed by atoms with van der Waals surface area (Å²) in [5.74, 6) is 1.24. The summed E-state index contributed by atoms with van der Waals surface area (Å²) in [5, 5.41) is 0.935. The summed E-state index contributed by atoms with van der Waals surface area (Å²) < 4.78 is 2.05. The van der Waals surface area contributed by atoms with Crippen molar-refractivity contribution in [3.63, 3.8) is 0 Å². The first-order valence-corrected chi connectivity index (χ1v) is 5.84. The molecule has 0 fully saturated rings. The molecule has 0 bridgehead atoms. The molecule has 2 aromatic heterocycles. The van der Waals surface area contributed by atoms with Crippen LogP contribution in [-0.4, -0.2) is 14.5 Å². The summed E-state index contributed by atoms with van der Waals surface area (Å²) in [4.78, 5) is 8.73. The van der Waals surface area contributed by atoms with Gasteiger partial charge in [-0.3, -0.25) is 0 Å². The number of aromatic nitrogens is 3. The van der Waals surface area contributed by atoms with Gasteiger partial charge in [-0.05, 0) is 31.5 Å². The van der Waals surface area contributed by atoms with Gasteiger partial charge in [0.25, 0.3) is 0 Å². The van der Waals surface area contributed by atoms with Gasteiger partial charge in [-0.1, -0.05) is 18.2 Å². The molecule has 0 aliphatic carbocycles. The smallest absolute Gasteiger partial charge is 0.150 e. The van der Waals surface area contributed by atoms with E-state index in [-0.39, 0.29) is 0 Å². The molecule has 1 aromatic carbocycles. The van der Waals surface area contributed by atoms with Crippen LogP contribution in [0.1, 0.15) is 11.4 Å². The Morgan fingerprint density at radius 2 is 1.78 bits per heavy atom. The third-order valence-electron chi connectivity index (χ3n) is 3.01. The van der Waals surface area contributed by atoms with Crippen molar-refractivity contribution >= 4 is 16.9 Å². The number of fused-ring (bicyclic) bond motifs is 1. The molecule has 4 nitrogen and oxygen atoms in total. The molecule has 3 rings (SSSR count). The molecule has 0 atom stereocenters. The molecule has 90 valence electrons. The van der Waals surface area contributed by atoms with Crippen LogP contribution in [0.5, 0.6) is 0 Å². The minimum absolute atomic E-state index is 0.546. The Bertz CT molecular complexity index is 713. The fourth-order valence-electron chi connectivity index (χ4n) is 2.24. The standard InChI is InChI=1S/C14H14N4/c1-9-8-18(11-6-4-3-5-7-11)14-12(9)13(15)16-10(2)17-14/h3-8H,1-2H3,(H2,15,16,17). The highest BCUT2D eigenvalue weighted by Gasteiger charge is 2.12. The summed E-state index contributed by atoms with van der Waals surface area (Å²) in [6, 6.07) is 10.1. The molecule has 0 amide bonds. The summed E-state index contributed by atoms with van der Waals surface area (Å²) in [7, 11) is 0. The van der Waals surface area contributed by atoms with E-state index in [9.17, 15) is 0 Å². The van der Waals surface area contributed by atoms with E-state index in [1.165, 1.54) is 0 Å². The summed E-state index contributed by atoms with van der Waals surface area (Å²) >= 11 is 0. The Labute approximate surface area is 105 Å². The molecule has 3 aromatic rings. The number of benzene rings is 1. The van der Waals surface area contributed by atoms with Crippen molar-refractivity contribution in [1.82, 2.24) is 14.5 Å². The third kappa shape index (κ3) is 1.54. The van der Waals surface area contributed by atoms with E-state index < -0.39 is 0 Å². The molecular formula is C14H14N4. The SMILES string of the molecule is Cc1nc(N)c2c(C)cn(-c3ccccc3)c2n1. The zero-order valence-corrected chi connectivity index (χ0v) is 10.4. The molecule has 0 aliphatic rings. The van der Waals surface area contributed by atoms with Crippen molar-refractivity contribution in [2.45, 2.75) is 13.8 Å². The number of aryl methyl sites for hydroxylation is 2. The predicted octanol–water partition coefficient (Wildman–Crippen LogP) is 2.62. The third-order valence-corrected chi connectivity index (χ3v) is 3.01. The fourth-order valence-corrected chi connectivity index (χ4v) is 2.24. The molecule has 2 heterocycles. The second kappa shape index (κ2) is 3.84. The highest BCUT2D eigenvalue weighted by atomic mass is 15.1. The van der Waals surface area contributed by atoms with E-state index in [1.807, 2.05) is 50.4 Å². The largest absolute Gasteiger partial charge is 0.383 e. The first kappa shape index (κ1) is 10.8. The van der Waals surface area contributed by atoms with Crippen molar-refractivity contribution in [2.24, 2.45) is 0 Å². The van der Waals surface area contributed by atoms with Crippen molar-refractivity contribution in [2.75, 3.05) is 5.73 Å². The average molecular weight is 238 g/mol. The maximum absolute atomic E-state index is 5.98. The number of nitrogens with zero attached hydrogens (tertiary/aromatic N) is 3. The van der Waals surface area contributed by atoms with Gasteiger partial charge < -0.3 is 10.3 Å². The van der Waals surface area contributed by atoms with Gasteiger partial charge in [-0.2, -0.15) is 0 Å². The summed E-state index contributed by atoms with van der Waals surface area (Å²) in [5.41, 5.74) is 9.02. The van der Waals surface area contributed by atoms with Crippen LogP contribution in [-0.2, 0) is 0 Å². The normalized spacial score (nSPS) is 11.0. The van der Waals surface area contributed by atoms with Gasteiger partial charge in [-0.25, -0.2) is 9.97 Å². The molecule has 0 aliphatic heterocycles. The van der Waals surface area contributed by atoms with E-state index in [4.69, 9.17) is 5.73 Å². The number of rotatable bonds is 1. The minimum atomic E-state index is 0.546. The van der Waals surface area contributed by atoms with Crippen LogP contribution in [0.3, 0.4) is 0 Å². The second-order valence-corrected chi connectivity index (χ2v) is 4.37. The highest BCUT2D eigenvalue weighted by molar-refractivity contribution is 5.90. The molecule has 2 N–H and O–H groups in total.